The highest BCUT2D eigenvalue weighted by Crippen LogP contribution is 2.34. The van der Waals surface area contributed by atoms with Gasteiger partial charge in [-0.3, -0.25) is 0 Å². The van der Waals surface area contributed by atoms with Gasteiger partial charge in [-0.15, -0.1) is 0 Å². The lowest BCUT2D eigenvalue weighted by molar-refractivity contribution is 0.169. The van der Waals surface area contributed by atoms with E-state index in [1.165, 1.54) is 0 Å². The van der Waals surface area contributed by atoms with Gasteiger partial charge in [-0.2, -0.15) is 0 Å². The van der Waals surface area contributed by atoms with Gasteiger partial charge in [0, 0.05) is 5.69 Å². The first-order chi connectivity index (χ1) is 9.24. The van der Waals surface area contributed by atoms with E-state index >= 15 is 0 Å². The summed E-state index contributed by atoms with van der Waals surface area (Å²) in [5.74, 6) is 1.39. The van der Waals surface area contributed by atoms with Gasteiger partial charge < -0.3 is 20.3 Å². The van der Waals surface area contributed by atoms with E-state index in [-0.39, 0.29) is 0 Å². The van der Waals surface area contributed by atoms with Crippen molar-refractivity contribution in [1.29, 1.82) is 0 Å². The molecule has 1 heterocycles. The van der Waals surface area contributed by atoms with Crippen LogP contribution in [-0.2, 0) is 0 Å². The minimum atomic E-state index is -0.723. The third-order valence-corrected chi connectivity index (χ3v) is 3.11. The van der Waals surface area contributed by atoms with Crippen molar-refractivity contribution in [2.75, 3.05) is 18.9 Å². The molecule has 2 aromatic carbocycles. The molecule has 0 bridgehead atoms. The Morgan fingerprint density at radius 1 is 0.947 bits per heavy atom. The van der Waals surface area contributed by atoms with Crippen molar-refractivity contribution in [3.63, 3.8) is 0 Å². The number of aliphatic hydroxyl groups excluding tert-OH is 1. The van der Waals surface area contributed by atoms with E-state index in [9.17, 15) is 5.11 Å². The van der Waals surface area contributed by atoms with E-state index < -0.39 is 6.10 Å². The molecule has 4 heteroatoms. The van der Waals surface area contributed by atoms with E-state index in [0.717, 1.165) is 16.9 Å². The topological polar surface area (TPSA) is 64.7 Å². The first-order valence-electron chi connectivity index (χ1n) is 6.17. The van der Waals surface area contributed by atoms with Gasteiger partial charge in [-0.05, 0) is 35.4 Å². The molecular weight excluding hydrogens is 242 g/mol. The number of ether oxygens (including phenoxy) is 2. The first kappa shape index (κ1) is 11.9. The van der Waals surface area contributed by atoms with Crippen LogP contribution in [0.1, 0.15) is 17.2 Å². The molecule has 1 aliphatic rings. The van der Waals surface area contributed by atoms with Gasteiger partial charge in [0.05, 0.1) is 0 Å². The van der Waals surface area contributed by atoms with Crippen molar-refractivity contribution in [3.8, 4) is 11.5 Å². The number of fused-ring (bicyclic) bond motifs is 1. The normalized spacial score (nSPS) is 15.0. The van der Waals surface area contributed by atoms with Crippen LogP contribution in [0.3, 0.4) is 0 Å². The molecule has 0 spiro atoms. The molecule has 0 amide bonds. The summed E-state index contributed by atoms with van der Waals surface area (Å²) in [7, 11) is 0. The highest BCUT2D eigenvalue weighted by Gasteiger charge is 2.16. The Bertz CT molecular complexity index is 598. The molecule has 19 heavy (non-hydrogen) atoms. The van der Waals surface area contributed by atoms with Crippen LogP contribution in [0.15, 0.2) is 42.5 Å². The molecule has 3 N–H and O–H groups in total. The standard InChI is InChI=1S/C15H15NO3/c16-12-3-1-2-10(8-12)15(17)11-4-5-13-14(9-11)19-7-6-18-13/h1-5,8-9,15,17H,6-7,16H2. The van der Waals surface area contributed by atoms with Crippen LogP contribution >= 0.6 is 0 Å². The zero-order valence-electron chi connectivity index (χ0n) is 10.4. The number of nitrogens with two attached hydrogens (primary N) is 1. The zero-order valence-corrected chi connectivity index (χ0v) is 10.4. The van der Waals surface area contributed by atoms with E-state index in [4.69, 9.17) is 15.2 Å². The highest BCUT2D eigenvalue weighted by molar-refractivity contribution is 5.48. The molecule has 1 atom stereocenters. The van der Waals surface area contributed by atoms with Crippen molar-refractivity contribution in [2.24, 2.45) is 0 Å². The summed E-state index contributed by atoms with van der Waals surface area (Å²) in [6.07, 6.45) is -0.723. The van der Waals surface area contributed by atoms with Crippen molar-refractivity contribution >= 4 is 5.69 Å². The number of anilines is 1. The summed E-state index contributed by atoms with van der Waals surface area (Å²) in [5.41, 5.74) is 7.88. The van der Waals surface area contributed by atoms with Crippen LogP contribution in [0.4, 0.5) is 5.69 Å². The van der Waals surface area contributed by atoms with E-state index in [1.807, 2.05) is 30.3 Å². The Kier molecular flexibility index (Phi) is 3.01. The zero-order chi connectivity index (χ0) is 13.2. The quantitative estimate of drug-likeness (QED) is 0.809. The third kappa shape index (κ3) is 2.35. The molecule has 1 aliphatic heterocycles. The second-order valence-corrected chi connectivity index (χ2v) is 4.48. The van der Waals surface area contributed by atoms with Crippen LogP contribution in [-0.4, -0.2) is 18.3 Å². The maximum atomic E-state index is 10.4. The number of hydrogen-bond acceptors (Lipinski definition) is 4. The summed E-state index contributed by atoms with van der Waals surface area (Å²) in [5, 5.41) is 10.4. The Labute approximate surface area is 111 Å². The largest absolute Gasteiger partial charge is 0.486 e. The Balaban J connectivity index is 1.93. The first-order valence-corrected chi connectivity index (χ1v) is 6.17. The minimum Gasteiger partial charge on any atom is -0.486 e. The highest BCUT2D eigenvalue weighted by atomic mass is 16.6. The van der Waals surface area contributed by atoms with E-state index in [1.54, 1.807) is 12.1 Å². The lowest BCUT2D eigenvalue weighted by atomic mass is 10.0. The number of rotatable bonds is 2. The molecule has 0 aromatic heterocycles. The summed E-state index contributed by atoms with van der Waals surface area (Å²) >= 11 is 0. The molecule has 0 aliphatic carbocycles. The maximum absolute atomic E-state index is 10.4. The molecule has 0 fully saturated rings. The van der Waals surface area contributed by atoms with Crippen molar-refractivity contribution in [1.82, 2.24) is 0 Å². The van der Waals surface area contributed by atoms with Gasteiger partial charge in [-0.1, -0.05) is 18.2 Å². The number of nitrogen functional groups attached to an aromatic ring is 1. The summed E-state index contributed by atoms with van der Waals surface area (Å²) in [6.45, 7) is 1.09. The molecular formula is C15H15NO3. The fourth-order valence-corrected chi connectivity index (χ4v) is 2.15. The van der Waals surface area contributed by atoms with Crippen molar-refractivity contribution in [2.45, 2.75) is 6.10 Å². The second kappa shape index (κ2) is 4.82. The maximum Gasteiger partial charge on any atom is 0.161 e. The van der Waals surface area contributed by atoms with E-state index in [2.05, 4.69) is 0 Å². The molecule has 0 radical (unpaired) electrons. The van der Waals surface area contributed by atoms with E-state index in [0.29, 0.717) is 24.7 Å². The fraction of sp³-hybridized carbons (Fsp3) is 0.200. The molecule has 3 rings (SSSR count). The fourth-order valence-electron chi connectivity index (χ4n) is 2.15. The van der Waals surface area contributed by atoms with Gasteiger partial charge in [0.25, 0.3) is 0 Å². The molecule has 4 nitrogen and oxygen atoms in total. The Morgan fingerprint density at radius 2 is 1.68 bits per heavy atom. The predicted molar refractivity (Wildman–Crippen MR) is 72.3 cm³/mol. The third-order valence-electron chi connectivity index (χ3n) is 3.11. The van der Waals surface area contributed by atoms with Crippen LogP contribution in [0.25, 0.3) is 0 Å². The molecule has 0 saturated carbocycles. The molecule has 2 aromatic rings. The molecule has 0 saturated heterocycles. The van der Waals surface area contributed by atoms with Gasteiger partial charge >= 0.3 is 0 Å². The van der Waals surface area contributed by atoms with Crippen LogP contribution in [0.2, 0.25) is 0 Å². The Morgan fingerprint density at radius 3 is 2.47 bits per heavy atom. The lowest BCUT2D eigenvalue weighted by Crippen LogP contribution is -2.15. The van der Waals surface area contributed by atoms with Crippen molar-refractivity contribution < 1.29 is 14.6 Å². The monoisotopic (exact) mass is 257 g/mol. The Hall–Kier alpha value is -2.20. The SMILES string of the molecule is Nc1cccc(C(O)c2ccc3c(c2)OCCO3)c1. The van der Waals surface area contributed by atoms with Gasteiger partial charge in [0.2, 0.25) is 0 Å². The summed E-state index contributed by atoms with van der Waals surface area (Å²) in [4.78, 5) is 0. The number of benzene rings is 2. The second-order valence-electron chi connectivity index (χ2n) is 4.48. The average Bonchev–Trinajstić information content (AvgIpc) is 2.46. The van der Waals surface area contributed by atoms with Gasteiger partial charge in [-0.25, -0.2) is 0 Å². The van der Waals surface area contributed by atoms with Crippen LogP contribution < -0.4 is 15.2 Å². The number of aliphatic hydroxyl groups is 1. The average molecular weight is 257 g/mol. The lowest BCUT2D eigenvalue weighted by Gasteiger charge is -2.20. The smallest absolute Gasteiger partial charge is 0.161 e. The minimum absolute atomic E-state index is 0.533. The summed E-state index contributed by atoms with van der Waals surface area (Å²) < 4.78 is 11.0. The molecule has 98 valence electrons. The predicted octanol–water partition coefficient (Wildman–Crippen LogP) is 2.12. The van der Waals surface area contributed by atoms with Gasteiger partial charge in [0.15, 0.2) is 11.5 Å². The molecule has 1 unspecified atom stereocenters. The van der Waals surface area contributed by atoms with Crippen LogP contribution in [0.5, 0.6) is 11.5 Å². The number of hydrogen-bond donors (Lipinski definition) is 2. The summed E-state index contributed by atoms with van der Waals surface area (Å²) in [6, 6.07) is 12.7. The van der Waals surface area contributed by atoms with Gasteiger partial charge in [0.1, 0.15) is 19.3 Å². The van der Waals surface area contributed by atoms with Crippen molar-refractivity contribution in [3.05, 3.63) is 53.6 Å². The van der Waals surface area contributed by atoms with Crippen LogP contribution in [0, 0.1) is 0 Å².